The average Bonchev–Trinajstić information content (AvgIpc) is 3.19. The van der Waals surface area contributed by atoms with Crippen LogP contribution < -0.4 is 4.74 Å². The van der Waals surface area contributed by atoms with E-state index in [2.05, 4.69) is 11.8 Å². The molecule has 5 heteroatoms. The van der Waals surface area contributed by atoms with E-state index in [9.17, 15) is 15.0 Å². The van der Waals surface area contributed by atoms with E-state index in [0.717, 1.165) is 16.9 Å². The van der Waals surface area contributed by atoms with Crippen LogP contribution in [0.4, 0.5) is 0 Å². The number of benzene rings is 1. The smallest absolute Gasteiger partial charge is 0.303 e. The molecule has 1 aromatic rings. The molecule has 1 saturated carbocycles. The first-order valence-electron chi connectivity index (χ1n) is 10.4. The quantitative estimate of drug-likeness (QED) is 0.462. The summed E-state index contributed by atoms with van der Waals surface area (Å²) in [5.74, 6) is 5.87. The van der Waals surface area contributed by atoms with Crippen molar-refractivity contribution < 1.29 is 24.9 Å². The molecule has 6 atom stereocenters. The number of carboxylic acids is 1. The van der Waals surface area contributed by atoms with E-state index in [1.165, 1.54) is 0 Å². The molecule has 0 aromatic heterocycles. The van der Waals surface area contributed by atoms with Gasteiger partial charge in [-0.3, -0.25) is 4.79 Å². The molecule has 2 aliphatic rings. The molecule has 0 bridgehead atoms. The average molecular weight is 398 g/mol. The summed E-state index contributed by atoms with van der Waals surface area (Å²) in [6, 6.07) is 6.01. The predicted molar refractivity (Wildman–Crippen MR) is 111 cm³/mol. The molecule has 1 aliphatic heterocycles. The first kappa shape index (κ1) is 21.4. The summed E-state index contributed by atoms with van der Waals surface area (Å²) in [5.41, 5.74) is 2.11. The Morgan fingerprint density at radius 1 is 1.41 bits per heavy atom. The normalized spacial score (nSPS) is 26.9. The lowest BCUT2D eigenvalue weighted by molar-refractivity contribution is -0.137. The van der Waals surface area contributed by atoms with Crippen molar-refractivity contribution in [3.05, 3.63) is 41.5 Å². The molecule has 3 rings (SSSR count). The van der Waals surface area contributed by atoms with Gasteiger partial charge >= 0.3 is 5.97 Å². The van der Waals surface area contributed by atoms with E-state index in [1.54, 1.807) is 13.0 Å². The largest absolute Gasteiger partial charge is 0.489 e. The van der Waals surface area contributed by atoms with Crippen LogP contribution in [0.15, 0.2) is 30.4 Å². The molecule has 0 amide bonds. The van der Waals surface area contributed by atoms with Gasteiger partial charge in [0.25, 0.3) is 0 Å². The number of aryl methyl sites for hydroxylation is 1. The fourth-order valence-electron chi connectivity index (χ4n) is 4.41. The predicted octanol–water partition coefficient (Wildman–Crippen LogP) is 3.29. The highest BCUT2D eigenvalue weighted by Gasteiger charge is 2.48. The first-order valence-corrected chi connectivity index (χ1v) is 10.4. The van der Waals surface area contributed by atoms with Gasteiger partial charge in [-0.2, -0.15) is 0 Å². The van der Waals surface area contributed by atoms with Gasteiger partial charge in [0.1, 0.15) is 11.9 Å². The van der Waals surface area contributed by atoms with Gasteiger partial charge in [0.05, 0.1) is 12.2 Å². The van der Waals surface area contributed by atoms with Gasteiger partial charge in [0.15, 0.2) is 0 Å². The molecule has 1 aliphatic carbocycles. The number of hydrogen-bond acceptors (Lipinski definition) is 4. The SMILES string of the molecule is CC#CC[C@H](C)[C@H](O)/C=C/[C@@H]1[C@H]2c3cccc(CCCC(=O)O)c3O[C@H]2C[C@H]1O. The summed E-state index contributed by atoms with van der Waals surface area (Å²) >= 11 is 0. The molecule has 1 aromatic carbocycles. The van der Waals surface area contributed by atoms with Crippen LogP contribution in [0.2, 0.25) is 0 Å². The van der Waals surface area contributed by atoms with Gasteiger partial charge < -0.3 is 20.1 Å². The van der Waals surface area contributed by atoms with Gasteiger partial charge in [-0.05, 0) is 31.2 Å². The molecule has 0 saturated heterocycles. The molecule has 0 spiro atoms. The zero-order valence-corrected chi connectivity index (χ0v) is 17.0. The number of aliphatic carboxylic acids is 1. The molecular formula is C24H30O5. The number of aliphatic hydroxyl groups excluding tert-OH is 2. The van der Waals surface area contributed by atoms with E-state index in [1.807, 2.05) is 31.2 Å². The number of para-hydroxylation sites is 1. The third kappa shape index (κ3) is 4.83. The second kappa shape index (κ2) is 9.47. The molecule has 29 heavy (non-hydrogen) atoms. The molecular weight excluding hydrogens is 368 g/mol. The Balaban J connectivity index is 1.75. The lowest BCUT2D eigenvalue weighted by Crippen LogP contribution is -2.19. The van der Waals surface area contributed by atoms with Gasteiger partial charge in [0, 0.05) is 36.7 Å². The Bertz CT molecular complexity index is 818. The monoisotopic (exact) mass is 398 g/mol. The number of fused-ring (bicyclic) bond motifs is 3. The lowest BCUT2D eigenvalue weighted by atomic mass is 9.86. The van der Waals surface area contributed by atoms with Crippen molar-refractivity contribution in [3.8, 4) is 17.6 Å². The van der Waals surface area contributed by atoms with Crippen molar-refractivity contribution in [2.75, 3.05) is 0 Å². The molecule has 156 valence electrons. The van der Waals surface area contributed by atoms with E-state index < -0.39 is 18.2 Å². The topological polar surface area (TPSA) is 87.0 Å². The van der Waals surface area contributed by atoms with E-state index in [4.69, 9.17) is 9.84 Å². The number of rotatable bonds is 8. The number of carboxylic acid groups (broad SMARTS) is 1. The van der Waals surface area contributed by atoms with Gasteiger partial charge in [-0.15, -0.1) is 11.8 Å². The third-order valence-corrected chi connectivity index (χ3v) is 6.04. The van der Waals surface area contributed by atoms with E-state index >= 15 is 0 Å². The summed E-state index contributed by atoms with van der Waals surface area (Å²) in [7, 11) is 0. The number of aliphatic hydroxyl groups is 2. The maximum absolute atomic E-state index is 10.8. The fraction of sp³-hybridized carbons (Fsp3) is 0.542. The van der Waals surface area contributed by atoms with Crippen LogP contribution >= 0.6 is 0 Å². The van der Waals surface area contributed by atoms with Crippen LogP contribution in [-0.4, -0.2) is 39.6 Å². The highest BCUT2D eigenvalue weighted by atomic mass is 16.5. The molecule has 1 heterocycles. The molecule has 5 nitrogen and oxygen atoms in total. The van der Waals surface area contributed by atoms with Gasteiger partial charge in [-0.25, -0.2) is 0 Å². The van der Waals surface area contributed by atoms with Crippen LogP contribution in [0.3, 0.4) is 0 Å². The Hall–Kier alpha value is -2.29. The Morgan fingerprint density at radius 3 is 2.93 bits per heavy atom. The van der Waals surface area contributed by atoms with Crippen molar-refractivity contribution in [2.24, 2.45) is 11.8 Å². The fourth-order valence-corrected chi connectivity index (χ4v) is 4.41. The van der Waals surface area contributed by atoms with Crippen LogP contribution in [-0.2, 0) is 11.2 Å². The third-order valence-electron chi connectivity index (χ3n) is 6.04. The van der Waals surface area contributed by atoms with E-state index in [0.29, 0.717) is 25.7 Å². The highest BCUT2D eigenvalue weighted by Crippen LogP contribution is 2.52. The second-order valence-electron chi connectivity index (χ2n) is 8.13. The zero-order chi connectivity index (χ0) is 21.0. The highest BCUT2D eigenvalue weighted by molar-refractivity contribution is 5.66. The Labute approximate surface area is 172 Å². The summed E-state index contributed by atoms with van der Waals surface area (Å²) in [5, 5.41) is 29.9. The number of carbonyl (C=O) groups is 1. The summed E-state index contributed by atoms with van der Waals surface area (Å²) in [4.78, 5) is 10.8. The minimum Gasteiger partial charge on any atom is -0.489 e. The molecule has 3 N–H and O–H groups in total. The molecule has 0 radical (unpaired) electrons. The van der Waals surface area contributed by atoms with Gasteiger partial charge in [-0.1, -0.05) is 37.3 Å². The Kier molecular flexibility index (Phi) is 7.00. The van der Waals surface area contributed by atoms with Crippen LogP contribution in [0.25, 0.3) is 0 Å². The van der Waals surface area contributed by atoms with Crippen molar-refractivity contribution in [2.45, 2.75) is 70.2 Å². The number of hydrogen-bond donors (Lipinski definition) is 3. The minimum absolute atomic E-state index is 0.0287. The minimum atomic E-state index is -0.790. The number of ether oxygens (including phenoxy) is 1. The van der Waals surface area contributed by atoms with Crippen LogP contribution in [0, 0.1) is 23.7 Å². The standard InChI is InChI=1S/C24H30O5/c1-3-4-7-15(2)19(25)13-12-17-20(26)14-21-23(17)18-10-5-8-16(24(18)29-21)9-6-11-22(27)28/h5,8,10,12-13,15,17,19-21,23,25-26H,6-7,9,11,14H2,1-2H3,(H,27,28)/b13-12+/t15-,17-,19+,20+,21-,23-/m0/s1. The first-order chi connectivity index (χ1) is 13.9. The second-order valence-corrected chi connectivity index (χ2v) is 8.13. The molecule has 0 unspecified atom stereocenters. The van der Waals surface area contributed by atoms with Gasteiger partial charge in [0.2, 0.25) is 0 Å². The van der Waals surface area contributed by atoms with Crippen molar-refractivity contribution in [1.29, 1.82) is 0 Å². The van der Waals surface area contributed by atoms with Crippen LogP contribution in [0.5, 0.6) is 5.75 Å². The summed E-state index contributed by atoms with van der Waals surface area (Å²) < 4.78 is 6.21. The van der Waals surface area contributed by atoms with Crippen molar-refractivity contribution >= 4 is 5.97 Å². The zero-order valence-electron chi connectivity index (χ0n) is 17.0. The summed E-state index contributed by atoms with van der Waals surface area (Å²) in [6.07, 6.45) is 5.07. The van der Waals surface area contributed by atoms with Crippen LogP contribution in [0.1, 0.15) is 56.6 Å². The maximum atomic E-state index is 10.8. The maximum Gasteiger partial charge on any atom is 0.303 e. The summed E-state index contributed by atoms with van der Waals surface area (Å²) in [6.45, 7) is 3.75. The molecule has 1 fully saturated rings. The Morgan fingerprint density at radius 2 is 2.21 bits per heavy atom. The van der Waals surface area contributed by atoms with Crippen molar-refractivity contribution in [3.63, 3.8) is 0 Å². The lowest BCUT2D eigenvalue weighted by Gasteiger charge is -2.19. The van der Waals surface area contributed by atoms with E-state index in [-0.39, 0.29) is 30.3 Å². The van der Waals surface area contributed by atoms with Crippen molar-refractivity contribution in [1.82, 2.24) is 0 Å².